The van der Waals surface area contributed by atoms with Crippen LogP contribution in [0.4, 0.5) is 8.78 Å². The predicted molar refractivity (Wildman–Crippen MR) is 70.0 cm³/mol. The van der Waals surface area contributed by atoms with Crippen molar-refractivity contribution in [3.63, 3.8) is 0 Å². The predicted octanol–water partition coefficient (Wildman–Crippen LogP) is 1.74. The van der Waals surface area contributed by atoms with Crippen LogP contribution in [0.2, 0.25) is 0 Å². The molecule has 0 aliphatic rings. The van der Waals surface area contributed by atoms with Crippen LogP contribution in [-0.4, -0.2) is 37.5 Å². The SMILES string of the molecule is COCCN(CCC(=N)N)Cc1cccc(F)c1F. The van der Waals surface area contributed by atoms with Crippen LogP contribution in [0.3, 0.4) is 0 Å². The Morgan fingerprint density at radius 1 is 1.37 bits per heavy atom. The van der Waals surface area contributed by atoms with Gasteiger partial charge in [-0.3, -0.25) is 10.3 Å². The Hall–Kier alpha value is -1.53. The van der Waals surface area contributed by atoms with E-state index in [1.807, 2.05) is 4.90 Å². The van der Waals surface area contributed by atoms with Crippen molar-refractivity contribution in [3.05, 3.63) is 35.4 Å². The molecule has 0 unspecified atom stereocenters. The van der Waals surface area contributed by atoms with E-state index in [-0.39, 0.29) is 12.4 Å². The largest absolute Gasteiger partial charge is 0.388 e. The number of nitrogens with two attached hydrogens (primary N) is 1. The van der Waals surface area contributed by atoms with Gasteiger partial charge in [0.15, 0.2) is 11.6 Å². The van der Waals surface area contributed by atoms with E-state index in [4.69, 9.17) is 15.9 Å². The molecule has 1 rings (SSSR count). The summed E-state index contributed by atoms with van der Waals surface area (Å²) in [5.41, 5.74) is 5.60. The first-order chi connectivity index (χ1) is 9.04. The summed E-state index contributed by atoms with van der Waals surface area (Å²) >= 11 is 0. The van der Waals surface area contributed by atoms with E-state index in [2.05, 4.69) is 0 Å². The molecule has 1 aromatic carbocycles. The second-order valence-electron chi connectivity index (χ2n) is 4.26. The summed E-state index contributed by atoms with van der Waals surface area (Å²) in [4.78, 5) is 1.88. The number of rotatable bonds is 8. The lowest BCUT2D eigenvalue weighted by atomic mass is 10.2. The smallest absolute Gasteiger partial charge is 0.163 e. The minimum absolute atomic E-state index is 0.0714. The number of hydrogen-bond acceptors (Lipinski definition) is 3. The third-order valence-electron chi connectivity index (χ3n) is 2.73. The van der Waals surface area contributed by atoms with E-state index in [1.165, 1.54) is 6.07 Å². The number of benzene rings is 1. The van der Waals surface area contributed by atoms with Crippen molar-refractivity contribution in [2.75, 3.05) is 26.8 Å². The van der Waals surface area contributed by atoms with Gasteiger partial charge in [-0.25, -0.2) is 8.78 Å². The van der Waals surface area contributed by atoms with Gasteiger partial charge in [0.1, 0.15) is 0 Å². The summed E-state index contributed by atoms with van der Waals surface area (Å²) in [5, 5.41) is 7.21. The monoisotopic (exact) mass is 271 g/mol. The fraction of sp³-hybridized carbons (Fsp3) is 0.462. The molecule has 0 radical (unpaired) electrons. The first-order valence-electron chi connectivity index (χ1n) is 6.01. The fourth-order valence-corrected chi connectivity index (χ4v) is 1.68. The van der Waals surface area contributed by atoms with E-state index >= 15 is 0 Å². The molecule has 0 heterocycles. The van der Waals surface area contributed by atoms with Crippen LogP contribution in [-0.2, 0) is 11.3 Å². The summed E-state index contributed by atoms with van der Waals surface area (Å²) in [6.45, 7) is 1.82. The van der Waals surface area contributed by atoms with Crippen LogP contribution >= 0.6 is 0 Å². The molecule has 0 aliphatic heterocycles. The number of halogens is 2. The molecule has 19 heavy (non-hydrogen) atoms. The number of ether oxygens (including phenoxy) is 1. The summed E-state index contributed by atoms with van der Waals surface area (Å²) in [5.74, 6) is -1.61. The van der Waals surface area contributed by atoms with Gasteiger partial charge in [-0.1, -0.05) is 12.1 Å². The van der Waals surface area contributed by atoms with E-state index in [9.17, 15) is 8.78 Å². The molecule has 1 aromatic rings. The average Bonchev–Trinajstić information content (AvgIpc) is 2.37. The molecule has 0 spiro atoms. The molecule has 0 saturated heterocycles. The molecule has 0 saturated carbocycles. The first kappa shape index (κ1) is 15.5. The Labute approximate surface area is 111 Å². The number of hydrogen-bond donors (Lipinski definition) is 2. The highest BCUT2D eigenvalue weighted by Gasteiger charge is 2.12. The Kier molecular flexibility index (Phi) is 6.38. The van der Waals surface area contributed by atoms with Crippen molar-refractivity contribution in [1.29, 1.82) is 5.41 Å². The van der Waals surface area contributed by atoms with Gasteiger partial charge >= 0.3 is 0 Å². The molecule has 0 atom stereocenters. The highest BCUT2D eigenvalue weighted by atomic mass is 19.2. The number of nitrogens with one attached hydrogen (secondary N) is 1. The third-order valence-corrected chi connectivity index (χ3v) is 2.73. The topological polar surface area (TPSA) is 62.3 Å². The van der Waals surface area contributed by atoms with Gasteiger partial charge in [0.05, 0.1) is 12.4 Å². The normalized spacial score (nSPS) is 10.9. The van der Waals surface area contributed by atoms with Gasteiger partial charge < -0.3 is 10.5 Å². The highest BCUT2D eigenvalue weighted by Crippen LogP contribution is 2.13. The molecular weight excluding hydrogens is 252 g/mol. The van der Waals surface area contributed by atoms with Crippen molar-refractivity contribution in [1.82, 2.24) is 4.90 Å². The van der Waals surface area contributed by atoms with E-state index in [1.54, 1.807) is 13.2 Å². The van der Waals surface area contributed by atoms with Gasteiger partial charge in [-0.15, -0.1) is 0 Å². The van der Waals surface area contributed by atoms with Crippen molar-refractivity contribution in [2.24, 2.45) is 5.73 Å². The quantitative estimate of drug-likeness (QED) is 0.559. The maximum atomic E-state index is 13.6. The lowest BCUT2D eigenvalue weighted by Crippen LogP contribution is -2.31. The van der Waals surface area contributed by atoms with Crippen LogP contribution in [0.5, 0.6) is 0 Å². The zero-order valence-electron chi connectivity index (χ0n) is 11.0. The second kappa shape index (κ2) is 7.81. The number of nitrogens with zero attached hydrogens (tertiary/aromatic N) is 1. The first-order valence-corrected chi connectivity index (χ1v) is 6.01. The standard InChI is InChI=1S/C13H19F2N3O/c1-19-8-7-18(6-5-12(16)17)9-10-3-2-4-11(14)13(10)15/h2-4H,5-9H2,1H3,(H3,16,17). The van der Waals surface area contributed by atoms with E-state index in [0.29, 0.717) is 31.7 Å². The van der Waals surface area contributed by atoms with Crippen molar-refractivity contribution >= 4 is 5.84 Å². The summed E-state index contributed by atoms with van der Waals surface area (Å²) in [6.07, 6.45) is 0.390. The van der Waals surface area contributed by atoms with Crippen LogP contribution in [0.25, 0.3) is 0 Å². The van der Waals surface area contributed by atoms with Gasteiger partial charge in [0.25, 0.3) is 0 Å². The summed E-state index contributed by atoms with van der Waals surface area (Å²) in [7, 11) is 1.58. The third kappa shape index (κ3) is 5.32. The Morgan fingerprint density at radius 3 is 2.74 bits per heavy atom. The molecule has 4 nitrogen and oxygen atoms in total. The lowest BCUT2D eigenvalue weighted by molar-refractivity contribution is 0.145. The van der Waals surface area contributed by atoms with Crippen molar-refractivity contribution < 1.29 is 13.5 Å². The number of methoxy groups -OCH3 is 1. The van der Waals surface area contributed by atoms with Gasteiger partial charge in [0.2, 0.25) is 0 Å². The van der Waals surface area contributed by atoms with Gasteiger partial charge in [-0.05, 0) is 6.07 Å². The van der Waals surface area contributed by atoms with Gasteiger partial charge in [0, 0.05) is 38.7 Å². The molecule has 0 amide bonds. The van der Waals surface area contributed by atoms with E-state index < -0.39 is 11.6 Å². The highest BCUT2D eigenvalue weighted by molar-refractivity contribution is 5.76. The minimum atomic E-state index is -0.851. The zero-order valence-corrected chi connectivity index (χ0v) is 11.0. The van der Waals surface area contributed by atoms with E-state index in [0.717, 1.165) is 6.07 Å². The summed E-state index contributed by atoms with van der Waals surface area (Å²) in [6, 6.07) is 4.12. The molecule has 0 aromatic heterocycles. The Balaban J connectivity index is 2.69. The maximum absolute atomic E-state index is 13.6. The zero-order chi connectivity index (χ0) is 14.3. The summed E-state index contributed by atoms with van der Waals surface area (Å²) < 4.78 is 31.7. The van der Waals surface area contributed by atoms with Crippen molar-refractivity contribution in [3.8, 4) is 0 Å². The molecule has 3 N–H and O–H groups in total. The minimum Gasteiger partial charge on any atom is -0.388 e. The molecule has 6 heteroatoms. The molecule has 106 valence electrons. The van der Waals surface area contributed by atoms with Crippen LogP contribution < -0.4 is 5.73 Å². The van der Waals surface area contributed by atoms with Crippen LogP contribution in [0, 0.1) is 17.0 Å². The van der Waals surface area contributed by atoms with Crippen LogP contribution in [0.15, 0.2) is 18.2 Å². The Morgan fingerprint density at radius 2 is 2.11 bits per heavy atom. The Bertz CT molecular complexity index is 426. The fourth-order valence-electron chi connectivity index (χ4n) is 1.68. The molecule has 0 bridgehead atoms. The van der Waals surface area contributed by atoms with Crippen molar-refractivity contribution in [2.45, 2.75) is 13.0 Å². The number of amidine groups is 1. The van der Waals surface area contributed by atoms with Crippen LogP contribution in [0.1, 0.15) is 12.0 Å². The second-order valence-corrected chi connectivity index (χ2v) is 4.26. The maximum Gasteiger partial charge on any atom is 0.163 e. The molecular formula is C13H19F2N3O. The lowest BCUT2D eigenvalue weighted by Gasteiger charge is -2.22. The van der Waals surface area contributed by atoms with Gasteiger partial charge in [-0.2, -0.15) is 0 Å². The average molecular weight is 271 g/mol. The molecule has 0 fully saturated rings. The molecule has 0 aliphatic carbocycles.